The van der Waals surface area contributed by atoms with Gasteiger partial charge < -0.3 is 15.1 Å². The molecule has 3 heterocycles. The number of nitrogens with zero attached hydrogens (tertiary/aromatic N) is 2. The quantitative estimate of drug-likeness (QED) is 0.833. The Kier molecular flexibility index (Phi) is 4.08. The number of carbonyl (C=O) groups is 1. The van der Waals surface area contributed by atoms with E-state index in [1.807, 2.05) is 0 Å². The molecule has 1 amide bonds. The van der Waals surface area contributed by atoms with Crippen LogP contribution in [0, 0.1) is 0 Å². The number of hydrogen-bond acceptors (Lipinski definition) is 3. The van der Waals surface area contributed by atoms with Crippen LogP contribution >= 0.6 is 0 Å². The summed E-state index contributed by atoms with van der Waals surface area (Å²) in [5, 5.41) is 3.45. The smallest absolute Gasteiger partial charge is 0.224 e. The summed E-state index contributed by atoms with van der Waals surface area (Å²) in [5.74, 6) is 0.407. The number of likely N-dealkylation sites (tertiary alicyclic amines) is 1. The molecule has 3 saturated heterocycles. The van der Waals surface area contributed by atoms with Gasteiger partial charge in [0.15, 0.2) is 0 Å². The van der Waals surface area contributed by atoms with Gasteiger partial charge >= 0.3 is 0 Å². The number of likely N-dealkylation sites (N-methyl/N-ethyl adjacent to an activating group) is 1. The standard InChI is InChI=1S/C15H27N3O/c1-2-17-9-7-13-5-6-14(11-17)18(13)15(19)10-12-4-3-8-16-12/h12-14,16H,2-11H2,1H3. The number of hydrogen-bond donors (Lipinski definition) is 1. The van der Waals surface area contributed by atoms with Crippen LogP contribution in [0.4, 0.5) is 0 Å². The van der Waals surface area contributed by atoms with Gasteiger partial charge in [0.25, 0.3) is 0 Å². The van der Waals surface area contributed by atoms with Crippen molar-refractivity contribution in [2.75, 3.05) is 26.2 Å². The summed E-state index contributed by atoms with van der Waals surface area (Å²) in [6.45, 7) is 6.71. The molecule has 19 heavy (non-hydrogen) atoms. The molecule has 0 radical (unpaired) electrons. The second kappa shape index (κ2) is 5.80. The first-order chi connectivity index (χ1) is 9.28. The van der Waals surface area contributed by atoms with E-state index in [9.17, 15) is 4.79 Å². The van der Waals surface area contributed by atoms with Crippen molar-refractivity contribution in [1.29, 1.82) is 0 Å². The molecule has 3 fully saturated rings. The lowest BCUT2D eigenvalue weighted by molar-refractivity contribution is -0.134. The van der Waals surface area contributed by atoms with Gasteiger partial charge in [-0.3, -0.25) is 4.79 Å². The Labute approximate surface area is 116 Å². The molecular weight excluding hydrogens is 238 g/mol. The zero-order chi connectivity index (χ0) is 13.2. The first kappa shape index (κ1) is 13.4. The summed E-state index contributed by atoms with van der Waals surface area (Å²) in [5.41, 5.74) is 0. The van der Waals surface area contributed by atoms with Crippen molar-refractivity contribution in [2.24, 2.45) is 0 Å². The molecule has 108 valence electrons. The van der Waals surface area contributed by atoms with Crippen molar-refractivity contribution >= 4 is 5.91 Å². The molecule has 3 atom stereocenters. The van der Waals surface area contributed by atoms with Crippen LogP contribution in [0.25, 0.3) is 0 Å². The largest absolute Gasteiger partial charge is 0.335 e. The van der Waals surface area contributed by atoms with Gasteiger partial charge in [-0.1, -0.05) is 6.92 Å². The molecule has 4 nitrogen and oxygen atoms in total. The molecule has 3 aliphatic heterocycles. The zero-order valence-electron chi connectivity index (χ0n) is 12.1. The Bertz CT molecular complexity index is 327. The Morgan fingerprint density at radius 2 is 2.05 bits per heavy atom. The maximum Gasteiger partial charge on any atom is 0.224 e. The average molecular weight is 265 g/mol. The lowest BCUT2D eigenvalue weighted by Gasteiger charge is -2.30. The molecule has 2 bridgehead atoms. The Balaban J connectivity index is 1.64. The van der Waals surface area contributed by atoms with Crippen LogP contribution in [0.15, 0.2) is 0 Å². The van der Waals surface area contributed by atoms with E-state index in [0.29, 0.717) is 24.0 Å². The monoisotopic (exact) mass is 265 g/mol. The van der Waals surface area contributed by atoms with Gasteiger partial charge in [0.2, 0.25) is 5.91 Å². The van der Waals surface area contributed by atoms with Crippen LogP contribution in [0.1, 0.15) is 45.4 Å². The summed E-state index contributed by atoms with van der Waals surface area (Å²) in [4.78, 5) is 17.4. The topological polar surface area (TPSA) is 35.6 Å². The number of fused-ring (bicyclic) bond motifs is 2. The van der Waals surface area contributed by atoms with Gasteiger partial charge in [0.05, 0.1) is 0 Å². The van der Waals surface area contributed by atoms with E-state index < -0.39 is 0 Å². The van der Waals surface area contributed by atoms with Crippen molar-refractivity contribution in [2.45, 2.75) is 63.6 Å². The molecule has 0 aromatic heterocycles. The van der Waals surface area contributed by atoms with Crippen LogP contribution in [0.5, 0.6) is 0 Å². The molecule has 0 aromatic carbocycles. The number of amides is 1. The lowest BCUT2D eigenvalue weighted by atomic mass is 10.1. The second-order valence-electron chi connectivity index (χ2n) is 6.37. The van der Waals surface area contributed by atoms with E-state index in [4.69, 9.17) is 0 Å². The molecule has 0 spiro atoms. The highest BCUT2D eigenvalue weighted by atomic mass is 16.2. The number of rotatable bonds is 3. The summed E-state index contributed by atoms with van der Waals surface area (Å²) in [6, 6.07) is 1.45. The highest BCUT2D eigenvalue weighted by Crippen LogP contribution is 2.31. The van der Waals surface area contributed by atoms with Crippen LogP contribution in [0.3, 0.4) is 0 Å². The van der Waals surface area contributed by atoms with E-state index in [1.54, 1.807) is 0 Å². The van der Waals surface area contributed by atoms with Crippen LogP contribution in [-0.2, 0) is 4.79 Å². The van der Waals surface area contributed by atoms with E-state index in [1.165, 1.54) is 38.6 Å². The highest BCUT2D eigenvalue weighted by Gasteiger charge is 2.40. The summed E-state index contributed by atoms with van der Waals surface area (Å²) >= 11 is 0. The molecule has 0 saturated carbocycles. The fourth-order valence-corrected chi connectivity index (χ4v) is 4.09. The minimum absolute atomic E-state index is 0.407. The van der Waals surface area contributed by atoms with E-state index in [2.05, 4.69) is 22.0 Å². The fourth-order valence-electron chi connectivity index (χ4n) is 4.09. The van der Waals surface area contributed by atoms with Crippen LogP contribution in [0.2, 0.25) is 0 Å². The average Bonchev–Trinajstić information content (AvgIpc) is 2.97. The van der Waals surface area contributed by atoms with Crippen molar-refractivity contribution in [3.05, 3.63) is 0 Å². The van der Waals surface area contributed by atoms with E-state index in [0.717, 1.165) is 26.1 Å². The van der Waals surface area contributed by atoms with Crippen molar-refractivity contribution < 1.29 is 4.79 Å². The van der Waals surface area contributed by atoms with Crippen molar-refractivity contribution in [3.63, 3.8) is 0 Å². The summed E-state index contributed by atoms with van der Waals surface area (Å²) in [6.07, 6.45) is 6.74. The predicted molar refractivity (Wildman–Crippen MR) is 76.0 cm³/mol. The molecule has 3 unspecified atom stereocenters. The van der Waals surface area contributed by atoms with Gasteiger partial charge in [0.1, 0.15) is 0 Å². The third-order valence-electron chi connectivity index (χ3n) is 5.19. The van der Waals surface area contributed by atoms with Crippen LogP contribution < -0.4 is 5.32 Å². The van der Waals surface area contributed by atoms with E-state index >= 15 is 0 Å². The zero-order valence-corrected chi connectivity index (χ0v) is 12.1. The Morgan fingerprint density at radius 1 is 1.21 bits per heavy atom. The van der Waals surface area contributed by atoms with Gasteiger partial charge in [-0.15, -0.1) is 0 Å². The minimum atomic E-state index is 0.407. The highest BCUT2D eigenvalue weighted by molar-refractivity contribution is 5.78. The molecule has 3 rings (SSSR count). The lowest BCUT2D eigenvalue weighted by Crippen LogP contribution is -2.45. The second-order valence-corrected chi connectivity index (χ2v) is 6.37. The van der Waals surface area contributed by atoms with E-state index in [-0.39, 0.29) is 0 Å². The minimum Gasteiger partial charge on any atom is -0.335 e. The first-order valence-electron chi connectivity index (χ1n) is 8.05. The molecule has 4 heteroatoms. The molecule has 0 aromatic rings. The van der Waals surface area contributed by atoms with Gasteiger partial charge in [-0.25, -0.2) is 0 Å². The van der Waals surface area contributed by atoms with Gasteiger partial charge in [-0.05, 0) is 45.2 Å². The van der Waals surface area contributed by atoms with Crippen molar-refractivity contribution in [1.82, 2.24) is 15.1 Å². The maximum absolute atomic E-state index is 12.6. The number of carbonyl (C=O) groups excluding carboxylic acids is 1. The molecule has 3 aliphatic rings. The fraction of sp³-hybridized carbons (Fsp3) is 0.933. The Morgan fingerprint density at radius 3 is 2.79 bits per heavy atom. The van der Waals surface area contributed by atoms with Gasteiger partial charge in [-0.2, -0.15) is 0 Å². The predicted octanol–water partition coefficient (Wildman–Crippen LogP) is 1.21. The molecule has 1 N–H and O–H groups in total. The maximum atomic E-state index is 12.6. The number of nitrogens with one attached hydrogen (secondary N) is 1. The summed E-state index contributed by atoms with van der Waals surface area (Å²) < 4.78 is 0. The Hall–Kier alpha value is -0.610. The molecule has 0 aliphatic carbocycles. The third kappa shape index (κ3) is 2.79. The summed E-state index contributed by atoms with van der Waals surface area (Å²) in [7, 11) is 0. The van der Waals surface area contributed by atoms with Crippen LogP contribution in [-0.4, -0.2) is 60.0 Å². The first-order valence-corrected chi connectivity index (χ1v) is 8.05. The van der Waals surface area contributed by atoms with Crippen molar-refractivity contribution in [3.8, 4) is 0 Å². The van der Waals surface area contributed by atoms with Gasteiger partial charge in [0, 0.05) is 37.6 Å². The normalized spacial score (nSPS) is 35.6. The third-order valence-corrected chi connectivity index (χ3v) is 5.19. The SMILES string of the molecule is CCN1CCC2CCC(C1)N2C(=O)CC1CCCN1. The molecular formula is C15H27N3O.